The highest BCUT2D eigenvalue weighted by atomic mass is 79.9. The summed E-state index contributed by atoms with van der Waals surface area (Å²) in [6, 6.07) is 6.50. The number of hydrogen-bond acceptors (Lipinski definition) is 2. The van der Waals surface area contributed by atoms with Gasteiger partial charge >= 0.3 is 0 Å². The number of nitrogens with zero attached hydrogens (tertiary/aromatic N) is 2. The fourth-order valence-electron chi connectivity index (χ4n) is 4.07. The molecule has 2 aliphatic rings. The number of halogens is 1. The van der Waals surface area contributed by atoms with Gasteiger partial charge in [-0.2, -0.15) is 0 Å². The number of amidine groups is 1. The van der Waals surface area contributed by atoms with Crippen molar-refractivity contribution < 1.29 is 4.79 Å². The van der Waals surface area contributed by atoms with Crippen LogP contribution in [0, 0.1) is 0 Å². The second-order valence-electron chi connectivity index (χ2n) is 7.44. The van der Waals surface area contributed by atoms with Crippen LogP contribution in [0.5, 0.6) is 0 Å². The minimum Gasteiger partial charge on any atom is -0.294 e. The first-order valence-electron chi connectivity index (χ1n) is 9.77. The molecule has 136 valence electrons. The molecule has 0 bridgehead atoms. The normalized spacial score (nSPS) is 19.1. The van der Waals surface area contributed by atoms with Crippen molar-refractivity contribution in [3.05, 3.63) is 33.8 Å². The summed E-state index contributed by atoms with van der Waals surface area (Å²) in [6.07, 6.45) is 9.44. The predicted molar refractivity (Wildman–Crippen MR) is 107 cm³/mol. The number of aliphatic imine (C=N–C) groups is 1. The lowest BCUT2D eigenvalue weighted by molar-refractivity contribution is -0.131. The minimum absolute atomic E-state index is 0.246. The first-order valence-corrected chi connectivity index (χ1v) is 10.6. The number of unbranched alkanes of at least 4 members (excludes halogenated alkanes) is 1. The Hall–Kier alpha value is -1.16. The quantitative estimate of drug-likeness (QED) is 0.577. The number of hydrogen-bond donors (Lipinski definition) is 0. The van der Waals surface area contributed by atoms with E-state index in [9.17, 15) is 4.79 Å². The summed E-state index contributed by atoms with van der Waals surface area (Å²) in [5.41, 5.74) is 2.11. The molecular weight excluding hydrogens is 376 g/mol. The van der Waals surface area contributed by atoms with Gasteiger partial charge in [0, 0.05) is 10.9 Å². The molecule has 1 saturated carbocycles. The molecule has 25 heavy (non-hydrogen) atoms. The summed E-state index contributed by atoms with van der Waals surface area (Å²) in [5.74, 6) is 1.27. The summed E-state index contributed by atoms with van der Waals surface area (Å²) in [7, 11) is 0. The molecule has 3 nitrogen and oxygen atoms in total. The molecule has 1 aliphatic carbocycles. The fraction of sp³-hybridized carbons (Fsp3) is 0.619. The summed E-state index contributed by atoms with van der Waals surface area (Å²) in [4.78, 5) is 20.1. The maximum atomic E-state index is 13.2. The van der Waals surface area contributed by atoms with E-state index in [1.165, 1.54) is 11.1 Å². The Balaban J connectivity index is 1.83. The lowest BCUT2D eigenvalue weighted by Gasteiger charge is -2.23. The maximum absolute atomic E-state index is 13.2. The van der Waals surface area contributed by atoms with Gasteiger partial charge in [-0.25, -0.2) is 0 Å². The Kier molecular flexibility index (Phi) is 5.98. The van der Waals surface area contributed by atoms with Gasteiger partial charge in [-0.1, -0.05) is 67.6 Å². The van der Waals surface area contributed by atoms with Gasteiger partial charge in [-0.3, -0.25) is 14.7 Å². The van der Waals surface area contributed by atoms with E-state index in [0.29, 0.717) is 6.54 Å². The Bertz CT molecular complexity index is 662. The lowest BCUT2D eigenvalue weighted by atomic mass is 9.98. The van der Waals surface area contributed by atoms with Crippen molar-refractivity contribution in [3.8, 4) is 0 Å². The Morgan fingerprint density at radius 1 is 1.16 bits per heavy atom. The zero-order valence-corrected chi connectivity index (χ0v) is 17.1. The molecule has 1 aromatic rings. The first kappa shape index (κ1) is 18.6. The third-order valence-electron chi connectivity index (χ3n) is 5.45. The maximum Gasteiger partial charge on any atom is 0.256 e. The van der Waals surface area contributed by atoms with Gasteiger partial charge in [0.25, 0.3) is 5.91 Å². The zero-order chi connectivity index (χ0) is 17.9. The van der Waals surface area contributed by atoms with Crippen LogP contribution in [0.25, 0.3) is 0 Å². The summed E-state index contributed by atoms with van der Waals surface area (Å²) in [5, 5.41) is 0. The Morgan fingerprint density at radius 3 is 2.60 bits per heavy atom. The SMILES string of the molecule is CCCCC1=NC2(CCCC2)C(=O)N1Cc1ccc(Br)c(CCC)c1. The molecule has 1 aliphatic heterocycles. The smallest absolute Gasteiger partial charge is 0.256 e. The van der Waals surface area contributed by atoms with Gasteiger partial charge in [0.2, 0.25) is 0 Å². The van der Waals surface area contributed by atoms with Crippen LogP contribution in [-0.4, -0.2) is 22.2 Å². The minimum atomic E-state index is -0.426. The van der Waals surface area contributed by atoms with Crippen molar-refractivity contribution in [1.29, 1.82) is 0 Å². The molecule has 1 spiro atoms. The van der Waals surface area contributed by atoms with Crippen molar-refractivity contribution in [1.82, 2.24) is 4.90 Å². The topological polar surface area (TPSA) is 32.7 Å². The lowest BCUT2D eigenvalue weighted by Crippen LogP contribution is -2.40. The monoisotopic (exact) mass is 404 g/mol. The highest BCUT2D eigenvalue weighted by molar-refractivity contribution is 9.10. The zero-order valence-electron chi connectivity index (χ0n) is 15.5. The van der Waals surface area contributed by atoms with Crippen molar-refractivity contribution in [2.24, 2.45) is 4.99 Å². The van der Waals surface area contributed by atoms with Crippen LogP contribution in [0.1, 0.15) is 76.3 Å². The van der Waals surface area contributed by atoms with E-state index >= 15 is 0 Å². The number of rotatable bonds is 7. The van der Waals surface area contributed by atoms with Crippen LogP contribution in [0.2, 0.25) is 0 Å². The third-order valence-corrected chi connectivity index (χ3v) is 6.23. The van der Waals surface area contributed by atoms with Crippen LogP contribution in [-0.2, 0) is 17.8 Å². The number of carbonyl (C=O) groups is 1. The molecule has 0 atom stereocenters. The molecule has 0 aromatic heterocycles. The molecule has 1 heterocycles. The van der Waals surface area contributed by atoms with Crippen molar-refractivity contribution >= 4 is 27.7 Å². The molecule has 1 fully saturated rings. The first-order chi connectivity index (χ1) is 12.1. The second kappa shape index (κ2) is 8.03. The van der Waals surface area contributed by atoms with Crippen LogP contribution >= 0.6 is 15.9 Å². The highest BCUT2D eigenvalue weighted by Crippen LogP contribution is 2.40. The molecule has 1 aromatic carbocycles. The van der Waals surface area contributed by atoms with E-state index in [2.05, 4.69) is 48.0 Å². The van der Waals surface area contributed by atoms with Crippen molar-refractivity contribution in [2.45, 2.75) is 83.7 Å². The largest absolute Gasteiger partial charge is 0.294 e. The van der Waals surface area contributed by atoms with Gasteiger partial charge in [0.05, 0.1) is 6.54 Å². The third kappa shape index (κ3) is 3.84. The van der Waals surface area contributed by atoms with E-state index in [4.69, 9.17) is 4.99 Å². The molecule has 3 rings (SSSR count). The number of amides is 1. The van der Waals surface area contributed by atoms with Crippen molar-refractivity contribution in [2.75, 3.05) is 0 Å². The Morgan fingerprint density at radius 2 is 1.92 bits per heavy atom. The van der Waals surface area contributed by atoms with Crippen LogP contribution in [0.4, 0.5) is 0 Å². The summed E-state index contributed by atoms with van der Waals surface area (Å²) < 4.78 is 1.16. The summed E-state index contributed by atoms with van der Waals surface area (Å²) >= 11 is 3.65. The van der Waals surface area contributed by atoms with Gasteiger partial charge in [0.1, 0.15) is 11.4 Å². The van der Waals surface area contributed by atoms with E-state index < -0.39 is 5.54 Å². The molecule has 1 amide bonds. The van der Waals surface area contributed by atoms with E-state index in [0.717, 1.165) is 68.1 Å². The van der Waals surface area contributed by atoms with Crippen LogP contribution in [0.3, 0.4) is 0 Å². The van der Waals surface area contributed by atoms with Crippen LogP contribution in [0.15, 0.2) is 27.7 Å². The highest BCUT2D eigenvalue weighted by Gasteiger charge is 2.49. The molecule has 0 saturated heterocycles. The second-order valence-corrected chi connectivity index (χ2v) is 8.29. The standard InChI is InChI=1S/C21H29BrN2O/c1-3-5-9-19-23-21(12-6-7-13-21)20(25)24(19)15-16-10-11-18(22)17(14-16)8-4-2/h10-11,14H,3-9,12-13,15H2,1-2H3. The summed E-state index contributed by atoms with van der Waals surface area (Å²) in [6.45, 7) is 5.05. The number of carbonyl (C=O) groups excluding carboxylic acids is 1. The number of benzene rings is 1. The van der Waals surface area contributed by atoms with Gasteiger partial charge in [0.15, 0.2) is 0 Å². The van der Waals surface area contributed by atoms with E-state index in [1.54, 1.807) is 0 Å². The van der Waals surface area contributed by atoms with Gasteiger partial charge in [-0.15, -0.1) is 0 Å². The average molecular weight is 405 g/mol. The number of aryl methyl sites for hydroxylation is 1. The van der Waals surface area contributed by atoms with E-state index in [1.807, 2.05) is 4.90 Å². The molecular formula is C21H29BrN2O. The average Bonchev–Trinajstić information content (AvgIpc) is 3.17. The van der Waals surface area contributed by atoms with Crippen molar-refractivity contribution in [3.63, 3.8) is 0 Å². The predicted octanol–water partition coefficient (Wildman–Crippen LogP) is 5.65. The molecule has 4 heteroatoms. The Labute approximate surface area is 160 Å². The molecule has 0 unspecified atom stereocenters. The fourth-order valence-corrected chi connectivity index (χ4v) is 4.51. The molecule has 0 N–H and O–H groups in total. The van der Waals surface area contributed by atoms with Crippen LogP contribution < -0.4 is 0 Å². The van der Waals surface area contributed by atoms with Gasteiger partial charge < -0.3 is 0 Å². The molecule has 0 radical (unpaired) electrons. The van der Waals surface area contributed by atoms with E-state index in [-0.39, 0.29) is 5.91 Å². The van der Waals surface area contributed by atoms with Gasteiger partial charge in [-0.05, 0) is 42.9 Å².